The zero-order valence-corrected chi connectivity index (χ0v) is 12.1. The molecule has 0 bridgehead atoms. The molecule has 0 aliphatic carbocycles. The van der Waals surface area contributed by atoms with Crippen molar-refractivity contribution in [2.45, 2.75) is 32.4 Å². The van der Waals surface area contributed by atoms with Crippen LogP contribution in [-0.2, 0) is 19.1 Å². The summed E-state index contributed by atoms with van der Waals surface area (Å²) in [6.45, 7) is 6.20. The van der Waals surface area contributed by atoms with Crippen molar-refractivity contribution >= 4 is 12.0 Å². The molecular formula is C12H22N2O5. The summed E-state index contributed by atoms with van der Waals surface area (Å²) in [7, 11) is 2.88. The van der Waals surface area contributed by atoms with Gasteiger partial charge in [-0.15, -0.1) is 0 Å². The first-order chi connectivity index (χ1) is 8.76. The Kier molecular flexibility index (Phi) is 5.13. The molecule has 0 aromatic carbocycles. The summed E-state index contributed by atoms with van der Waals surface area (Å²) in [5.41, 5.74) is -0.601. The van der Waals surface area contributed by atoms with Crippen molar-refractivity contribution < 1.29 is 23.9 Å². The molecule has 0 N–H and O–H groups in total. The minimum atomic E-state index is -0.714. The predicted molar refractivity (Wildman–Crippen MR) is 67.3 cm³/mol. The van der Waals surface area contributed by atoms with E-state index in [1.807, 2.05) is 0 Å². The van der Waals surface area contributed by atoms with E-state index >= 15 is 0 Å². The lowest BCUT2D eigenvalue weighted by atomic mass is 10.2. The molecule has 0 radical (unpaired) electrons. The van der Waals surface area contributed by atoms with E-state index in [9.17, 15) is 9.59 Å². The predicted octanol–water partition coefficient (Wildman–Crippen LogP) is 0.642. The first-order valence-corrected chi connectivity index (χ1v) is 6.15. The van der Waals surface area contributed by atoms with Crippen molar-refractivity contribution in [3.05, 3.63) is 0 Å². The second kappa shape index (κ2) is 6.21. The fourth-order valence-electron chi connectivity index (χ4n) is 1.65. The molecule has 0 aromatic rings. The number of carbonyl (C=O) groups is 2. The average molecular weight is 274 g/mol. The maximum Gasteiger partial charge on any atom is 0.411 e. The number of hydroxylamine groups is 2. The highest BCUT2D eigenvalue weighted by Gasteiger charge is 2.37. The molecule has 1 fully saturated rings. The van der Waals surface area contributed by atoms with Gasteiger partial charge in [0.2, 0.25) is 0 Å². The Morgan fingerprint density at radius 1 is 1.37 bits per heavy atom. The number of hydrogen-bond acceptors (Lipinski definition) is 5. The molecule has 110 valence electrons. The van der Waals surface area contributed by atoms with E-state index in [-0.39, 0.29) is 12.5 Å². The minimum Gasteiger partial charge on any atom is -0.444 e. The number of amides is 2. The van der Waals surface area contributed by atoms with E-state index in [1.165, 1.54) is 19.1 Å². The van der Waals surface area contributed by atoms with Gasteiger partial charge in [-0.2, -0.15) is 0 Å². The zero-order chi connectivity index (χ0) is 14.6. The fraction of sp³-hybridized carbons (Fsp3) is 0.833. The van der Waals surface area contributed by atoms with Gasteiger partial charge in [0.15, 0.2) is 0 Å². The third-order valence-corrected chi connectivity index (χ3v) is 2.63. The van der Waals surface area contributed by atoms with E-state index in [0.717, 1.165) is 5.06 Å². The van der Waals surface area contributed by atoms with E-state index in [2.05, 4.69) is 0 Å². The van der Waals surface area contributed by atoms with Crippen LogP contribution in [0.3, 0.4) is 0 Å². The van der Waals surface area contributed by atoms with Crippen LogP contribution < -0.4 is 0 Å². The molecule has 7 heteroatoms. The lowest BCUT2D eigenvalue weighted by molar-refractivity contribution is -0.179. The number of likely N-dealkylation sites (N-methyl/N-ethyl adjacent to an activating group) is 1. The third kappa shape index (κ3) is 4.36. The number of rotatable bonds is 2. The number of carbonyl (C=O) groups excluding carboxylic acids is 2. The normalized spacial score (nSPS) is 20.1. The van der Waals surface area contributed by atoms with Gasteiger partial charge in [0.05, 0.1) is 20.3 Å². The summed E-state index contributed by atoms with van der Waals surface area (Å²) >= 11 is 0. The number of nitrogens with zero attached hydrogens (tertiary/aromatic N) is 2. The van der Waals surface area contributed by atoms with Gasteiger partial charge in [0.1, 0.15) is 11.6 Å². The molecule has 19 heavy (non-hydrogen) atoms. The van der Waals surface area contributed by atoms with Crippen molar-refractivity contribution in [3.8, 4) is 0 Å². The summed E-state index contributed by atoms with van der Waals surface area (Å²) in [5.74, 6) is -0.340. The number of hydrogen-bond donors (Lipinski definition) is 0. The van der Waals surface area contributed by atoms with Gasteiger partial charge in [0.25, 0.3) is 5.91 Å². The Morgan fingerprint density at radius 2 is 2.00 bits per heavy atom. The summed E-state index contributed by atoms with van der Waals surface area (Å²) in [6.07, 6.45) is -0.515. The maximum atomic E-state index is 12.1. The first kappa shape index (κ1) is 15.7. The monoisotopic (exact) mass is 274 g/mol. The zero-order valence-electron chi connectivity index (χ0n) is 12.1. The lowest BCUT2D eigenvalue weighted by Crippen LogP contribution is -2.56. The Morgan fingerprint density at radius 3 is 2.53 bits per heavy atom. The smallest absolute Gasteiger partial charge is 0.411 e. The average Bonchev–Trinajstić information content (AvgIpc) is 2.35. The highest BCUT2D eigenvalue weighted by molar-refractivity contribution is 5.85. The quantitative estimate of drug-likeness (QED) is 0.691. The Balaban J connectivity index is 2.78. The third-order valence-electron chi connectivity index (χ3n) is 2.63. The molecule has 1 heterocycles. The largest absolute Gasteiger partial charge is 0.444 e. The Labute approximate surface area is 113 Å². The second-order valence-corrected chi connectivity index (χ2v) is 5.28. The van der Waals surface area contributed by atoms with Crippen LogP contribution in [0.5, 0.6) is 0 Å². The van der Waals surface area contributed by atoms with E-state index < -0.39 is 17.7 Å². The molecule has 1 rings (SSSR count). The van der Waals surface area contributed by atoms with Crippen molar-refractivity contribution in [3.63, 3.8) is 0 Å². The SMILES string of the molecule is CON(C)C(=O)C1COCCN1C(=O)OC(C)(C)C. The minimum absolute atomic E-state index is 0.145. The molecule has 0 spiro atoms. The summed E-state index contributed by atoms with van der Waals surface area (Å²) in [5, 5.41) is 1.08. The van der Waals surface area contributed by atoms with Crippen molar-refractivity contribution in [1.29, 1.82) is 0 Å². The first-order valence-electron chi connectivity index (χ1n) is 6.15. The van der Waals surface area contributed by atoms with E-state index in [0.29, 0.717) is 13.2 Å². The molecule has 0 aromatic heterocycles. The molecule has 1 saturated heterocycles. The van der Waals surface area contributed by atoms with Crippen LogP contribution in [0.15, 0.2) is 0 Å². The van der Waals surface area contributed by atoms with E-state index in [1.54, 1.807) is 20.8 Å². The molecular weight excluding hydrogens is 252 g/mol. The molecule has 0 saturated carbocycles. The van der Waals surface area contributed by atoms with Gasteiger partial charge in [-0.25, -0.2) is 9.86 Å². The van der Waals surface area contributed by atoms with Gasteiger partial charge in [-0.1, -0.05) is 0 Å². The van der Waals surface area contributed by atoms with E-state index in [4.69, 9.17) is 14.3 Å². The fourth-order valence-corrected chi connectivity index (χ4v) is 1.65. The topological polar surface area (TPSA) is 68.3 Å². The molecule has 1 unspecified atom stereocenters. The van der Waals surface area contributed by atoms with Gasteiger partial charge in [-0.05, 0) is 20.8 Å². The molecule has 1 atom stereocenters. The highest BCUT2D eigenvalue weighted by atomic mass is 16.7. The molecule has 2 amide bonds. The summed E-state index contributed by atoms with van der Waals surface area (Å²) in [4.78, 5) is 30.4. The van der Waals surface area contributed by atoms with Crippen LogP contribution in [0.1, 0.15) is 20.8 Å². The highest BCUT2D eigenvalue weighted by Crippen LogP contribution is 2.15. The van der Waals surface area contributed by atoms with Crippen molar-refractivity contribution in [2.24, 2.45) is 0 Å². The second-order valence-electron chi connectivity index (χ2n) is 5.28. The van der Waals surface area contributed by atoms with Crippen molar-refractivity contribution in [2.75, 3.05) is 33.9 Å². The summed E-state index contributed by atoms with van der Waals surface area (Å²) < 4.78 is 10.5. The van der Waals surface area contributed by atoms with Crippen LogP contribution in [-0.4, -0.2) is 67.5 Å². The Hall–Kier alpha value is -1.34. The van der Waals surface area contributed by atoms with Gasteiger partial charge in [0, 0.05) is 13.6 Å². The van der Waals surface area contributed by atoms with Crippen LogP contribution >= 0.6 is 0 Å². The summed E-state index contributed by atoms with van der Waals surface area (Å²) in [6, 6.07) is -0.714. The number of ether oxygens (including phenoxy) is 2. The Bertz CT molecular complexity index is 340. The van der Waals surface area contributed by atoms with Crippen molar-refractivity contribution in [1.82, 2.24) is 9.96 Å². The standard InChI is InChI=1S/C12H22N2O5/c1-12(2,3)19-11(16)14-6-7-18-8-9(14)10(15)13(4)17-5/h9H,6-8H2,1-5H3. The molecule has 1 aliphatic heterocycles. The van der Waals surface area contributed by atoms with Gasteiger partial charge >= 0.3 is 6.09 Å². The van der Waals surface area contributed by atoms with Crippen LogP contribution in [0.2, 0.25) is 0 Å². The van der Waals surface area contributed by atoms with Crippen LogP contribution in [0.25, 0.3) is 0 Å². The molecule has 1 aliphatic rings. The van der Waals surface area contributed by atoms with Crippen LogP contribution in [0.4, 0.5) is 4.79 Å². The van der Waals surface area contributed by atoms with Crippen LogP contribution in [0, 0.1) is 0 Å². The van der Waals surface area contributed by atoms with Gasteiger partial charge < -0.3 is 9.47 Å². The molecule has 7 nitrogen and oxygen atoms in total. The van der Waals surface area contributed by atoms with Gasteiger partial charge in [-0.3, -0.25) is 14.5 Å². The maximum absolute atomic E-state index is 12.1. The lowest BCUT2D eigenvalue weighted by Gasteiger charge is -2.36. The number of morpholine rings is 1.